The quantitative estimate of drug-likeness (QED) is 0.344. The number of unbranched alkanes of at least 4 members (excludes halogenated alkanes) is 1. The second kappa shape index (κ2) is 11.7. The number of nitrogens with zero attached hydrogens (tertiary/aromatic N) is 2. The Morgan fingerprint density at radius 1 is 0.917 bits per heavy atom. The van der Waals surface area contributed by atoms with E-state index >= 15 is 0 Å². The number of benzene rings is 2. The molecule has 0 saturated heterocycles. The molecule has 2 saturated carbocycles. The van der Waals surface area contributed by atoms with Crippen LogP contribution in [0.15, 0.2) is 71.5 Å². The van der Waals surface area contributed by atoms with Gasteiger partial charge in [-0.25, -0.2) is 4.68 Å². The summed E-state index contributed by atoms with van der Waals surface area (Å²) < 4.78 is 1.51. The fraction of sp³-hybridized carbons (Fsp3) is 0.452. The number of carbonyl (C=O) groups excluding carboxylic acids is 1. The molecule has 2 aliphatic carbocycles. The van der Waals surface area contributed by atoms with E-state index < -0.39 is 0 Å². The molecule has 2 aliphatic rings. The summed E-state index contributed by atoms with van der Waals surface area (Å²) >= 11 is 0. The molecule has 1 heterocycles. The van der Waals surface area contributed by atoms with Crippen LogP contribution in [0.5, 0.6) is 0 Å². The van der Waals surface area contributed by atoms with Gasteiger partial charge in [0.15, 0.2) is 0 Å². The molecule has 0 spiro atoms. The van der Waals surface area contributed by atoms with Gasteiger partial charge in [0, 0.05) is 18.2 Å². The molecule has 5 heteroatoms. The summed E-state index contributed by atoms with van der Waals surface area (Å²) in [5.74, 6) is 1.45. The molecule has 0 radical (unpaired) electrons. The third kappa shape index (κ3) is 6.31. The summed E-state index contributed by atoms with van der Waals surface area (Å²) in [5, 5.41) is 7.83. The van der Waals surface area contributed by atoms with Crippen LogP contribution in [0, 0.1) is 11.8 Å². The van der Waals surface area contributed by atoms with Gasteiger partial charge in [-0.2, -0.15) is 5.10 Å². The van der Waals surface area contributed by atoms with E-state index in [-0.39, 0.29) is 17.4 Å². The highest BCUT2D eigenvalue weighted by Crippen LogP contribution is 2.38. The van der Waals surface area contributed by atoms with E-state index in [2.05, 4.69) is 22.5 Å². The Kier molecular flexibility index (Phi) is 7.95. The zero-order valence-corrected chi connectivity index (χ0v) is 21.1. The summed E-state index contributed by atoms with van der Waals surface area (Å²) in [6.07, 6.45) is 11.1. The van der Waals surface area contributed by atoms with Crippen LogP contribution in [0.4, 0.5) is 0 Å². The summed E-state index contributed by atoms with van der Waals surface area (Å²) in [7, 11) is 0. The average molecular weight is 484 g/mol. The molecule has 2 fully saturated rings. The Morgan fingerprint density at radius 3 is 2.39 bits per heavy atom. The summed E-state index contributed by atoms with van der Waals surface area (Å²) in [6.45, 7) is 1.18. The first kappa shape index (κ1) is 24.5. The van der Waals surface area contributed by atoms with Crippen LogP contribution in [0.2, 0.25) is 0 Å². The lowest BCUT2D eigenvalue weighted by molar-refractivity contribution is -0.123. The van der Waals surface area contributed by atoms with Gasteiger partial charge in [0.2, 0.25) is 5.91 Å². The SMILES string of the molecule is O=C(NCCCCC1CC1)C(c1ccc(Cn2nc(-c3ccccc3)ccc2=O)cc1)C1CCCC1. The van der Waals surface area contributed by atoms with Gasteiger partial charge in [-0.1, -0.05) is 93.1 Å². The number of nitrogens with one attached hydrogen (secondary N) is 1. The zero-order valence-electron chi connectivity index (χ0n) is 21.1. The highest BCUT2D eigenvalue weighted by molar-refractivity contribution is 5.84. The van der Waals surface area contributed by atoms with Crippen molar-refractivity contribution in [2.75, 3.05) is 6.54 Å². The van der Waals surface area contributed by atoms with Crippen molar-refractivity contribution in [1.29, 1.82) is 0 Å². The number of amides is 1. The molecule has 1 aromatic heterocycles. The van der Waals surface area contributed by atoms with Crippen LogP contribution in [0.1, 0.15) is 74.8 Å². The minimum Gasteiger partial charge on any atom is -0.356 e. The van der Waals surface area contributed by atoms with E-state index in [9.17, 15) is 9.59 Å². The van der Waals surface area contributed by atoms with Crippen LogP contribution in [0.3, 0.4) is 0 Å². The van der Waals surface area contributed by atoms with Crippen molar-refractivity contribution in [2.24, 2.45) is 11.8 Å². The van der Waals surface area contributed by atoms with Crippen molar-refractivity contribution in [2.45, 2.75) is 70.3 Å². The lowest BCUT2D eigenvalue weighted by atomic mass is 9.83. The zero-order chi connectivity index (χ0) is 24.7. The summed E-state index contributed by atoms with van der Waals surface area (Å²) in [5.41, 5.74) is 3.73. The molecule has 3 aromatic rings. The first-order chi connectivity index (χ1) is 17.7. The molecule has 1 N–H and O–H groups in total. The Bertz CT molecular complexity index is 1190. The Labute approximate surface area is 213 Å². The van der Waals surface area contributed by atoms with Gasteiger partial charge >= 0.3 is 0 Å². The molecule has 1 unspecified atom stereocenters. The number of rotatable bonds is 11. The van der Waals surface area contributed by atoms with E-state index in [1.165, 1.54) is 43.2 Å². The number of carbonyl (C=O) groups is 1. The third-order valence-corrected chi connectivity index (χ3v) is 7.80. The van der Waals surface area contributed by atoms with Gasteiger partial charge in [0.25, 0.3) is 5.56 Å². The Hall–Kier alpha value is -3.21. The Balaban J connectivity index is 1.26. The van der Waals surface area contributed by atoms with Crippen LogP contribution >= 0.6 is 0 Å². The lowest BCUT2D eigenvalue weighted by Gasteiger charge is -2.23. The van der Waals surface area contributed by atoms with Crippen LogP contribution in [-0.2, 0) is 11.3 Å². The van der Waals surface area contributed by atoms with Gasteiger partial charge in [0.1, 0.15) is 0 Å². The molecule has 1 amide bonds. The monoisotopic (exact) mass is 483 g/mol. The maximum Gasteiger partial charge on any atom is 0.267 e. The van der Waals surface area contributed by atoms with E-state index in [0.717, 1.165) is 54.1 Å². The summed E-state index contributed by atoms with van der Waals surface area (Å²) in [4.78, 5) is 25.7. The second-order valence-corrected chi connectivity index (χ2v) is 10.6. The number of hydrogen-bond acceptors (Lipinski definition) is 3. The van der Waals surface area contributed by atoms with Crippen molar-refractivity contribution in [3.63, 3.8) is 0 Å². The predicted molar refractivity (Wildman–Crippen MR) is 144 cm³/mol. The van der Waals surface area contributed by atoms with Gasteiger partial charge in [-0.15, -0.1) is 0 Å². The average Bonchev–Trinajstić information content (AvgIpc) is 3.58. The minimum atomic E-state index is -0.122. The Morgan fingerprint density at radius 2 is 1.67 bits per heavy atom. The van der Waals surface area contributed by atoms with E-state index in [1.54, 1.807) is 12.1 Å². The summed E-state index contributed by atoms with van der Waals surface area (Å²) in [6, 6.07) is 21.5. The molecule has 36 heavy (non-hydrogen) atoms. The lowest BCUT2D eigenvalue weighted by Crippen LogP contribution is -2.33. The van der Waals surface area contributed by atoms with Gasteiger partial charge in [-0.3, -0.25) is 9.59 Å². The van der Waals surface area contributed by atoms with E-state index in [0.29, 0.717) is 12.5 Å². The van der Waals surface area contributed by atoms with Crippen molar-refractivity contribution in [3.05, 3.63) is 88.2 Å². The van der Waals surface area contributed by atoms with E-state index in [1.807, 2.05) is 42.5 Å². The maximum absolute atomic E-state index is 13.3. The maximum atomic E-state index is 13.3. The molecule has 1 atom stereocenters. The van der Waals surface area contributed by atoms with Crippen LogP contribution in [-0.4, -0.2) is 22.2 Å². The molecule has 2 aromatic carbocycles. The van der Waals surface area contributed by atoms with Gasteiger partial charge in [0.05, 0.1) is 18.2 Å². The largest absolute Gasteiger partial charge is 0.356 e. The number of aromatic nitrogens is 2. The fourth-order valence-electron chi connectivity index (χ4n) is 5.54. The van der Waals surface area contributed by atoms with Gasteiger partial charge in [-0.05, 0) is 48.3 Å². The smallest absolute Gasteiger partial charge is 0.267 e. The molecule has 0 aliphatic heterocycles. The molecular weight excluding hydrogens is 446 g/mol. The standard InChI is InChI=1S/C31H37N3O2/c35-29-20-19-28(25-9-2-1-3-10-25)33-34(29)22-24-15-17-27(18-16-24)30(26-11-4-5-12-26)31(36)32-21-7-6-8-23-13-14-23/h1-3,9-10,15-20,23,26,30H,4-8,11-14,21-22H2,(H,32,36). The third-order valence-electron chi connectivity index (χ3n) is 7.80. The first-order valence-corrected chi connectivity index (χ1v) is 13.7. The second-order valence-electron chi connectivity index (χ2n) is 10.6. The van der Waals surface area contributed by atoms with Crippen molar-refractivity contribution >= 4 is 5.91 Å². The predicted octanol–water partition coefficient (Wildman–Crippen LogP) is 5.93. The fourth-order valence-corrected chi connectivity index (χ4v) is 5.54. The van der Waals surface area contributed by atoms with Crippen molar-refractivity contribution in [3.8, 4) is 11.3 Å². The molecule has 5 rings (SSSR count). The van der Waals surface area contributed by atoms with Crippen LogP contribution < -0.4 is 10.9 Å². The topological polar surface area (TPSA) is 64.0 Å². The highest BCUT2D eigenvalue weighted by atomic mass is 16.2. The minimum absolute atomic E-state index is 0.0905. The van der Waals surface area contributed by atoms with Crippen molar-refractivity contribution < 1.29 is 4.79 Å². The van der Waals surface area contributed by atoms with Crippen molar-refractivity contribution in [1.82, 2.24) is 15.1 Å². The molecule has 188 valence electrons. The highest BCUT2D eigenvalue weighted by Gasteiger charge is 2.31. The molecular formula is C31H37N3O2. The van der Waals surface area contributed by atoms with Crippen LogP contribution in [0.25, 0.3) is 11.3 Å². The first-order valence-electron chi connectivity index (χ1n) is 13.7. The van der Waals surface area contributed by atoms with E-state index in [4.69, 9.17) is 0 Å². The molecule has 0 bridgehead atoms. The number of hydrogen-bond donors (Lipinski definition) is 1. The molecule has 5 nitrogen and oxygen atoms in total. The van der Waals surface area contributed by atoms with Gasteiger partial charge < -0.3 is 5.32 Å². The normalized spacial score (nSPS) is 16.7.